The molecule has 1 atom stereocenters. The molecule has 0 aromatic heterocycles. The first-order valence-corrected chi connectivity index (χ1v) is 6.75. The number of rotatable bonds is 3. The first kappa shape index (κ1) is 12.8. The number of hydrogen-bond acceptors (Lipinski definition) is 2. The van der Waals surface area contributed by atoms with Crippen LogP contribution in [0.5, 0.6) is 0 Å². The van der Waals surface area contributed by atoms with Gasteiger partial charge in [-0.05, 0) is 35.8 Å². The molecule has 0 aliphatic carbocycles. The van der Waals surface area contributed by atoms with Gasteiger partial charge in [-0.25, -0.2) is 0 Å². The highest BCUT2D eigenvalue weighted by Gasteiger charge is 2.28. The van der Waals surface area contributed by atoms with E-state index >= 15 is 0 Å². The average molecular weight is 270 g/mol. The molecule has 0 bridgehead atoms. The van der Waals surface area contributed by atoms with Crippen LogP contribution in [-0.2, 0) is 11.3 Å². The monoisotopic (exact) mass is 269 g/mol. The van der Waals surface area contributed by atoms with Gasteiger partial charge in [-0.2, -0.15) is 12.6 Å². The zero-order valence-corrected chi connectivity index (χ0v) is 11.5. The van der Waals surface area contributed by atoms with Gasteiger partial charge in [0.25, 0.3) is 0 Å². The summed E-state index contributed by atoms with van der Waals surface area (Å²) in [6.45, 7) is 3.42. The number of halogens is 1. The molecule has 1 amide bonds. The molecule has 0 radical (unpaired) electrons. The van der Waals surface area contributed by atoms with E-state index in [1.54, 1.807) is 0 Å². The summed E-state index contributed by atoms with van der Waals surface area (Å²) in [5.41, 5.74) is 2.16. The van der Waals surface area contributed by atoms with E-state index in [1.165, 1.54) is 0 Å². The van der Waals surface area contributed by atoms with Gasteiger partial charge in [0.05, 0.1) is 0 Å². The van der Waals surface area contributed by atoms with Crippen LogP contribution in [0.2, 0.25) is 5.02 Å². The number of nitrogens with zero attached hydrogens (tertiary/aromatic N) is 1. The molecule has 0 saturated carbocycles. The Balaban J connectivity index is 2.08. The Labute approximate surface area is 112 Å². The minimum atomic E-state index is 0.209. The molecular weight excluding hydrogens is 254 g/mol. The van der Waals surface area contributed by atoms with Crippen LogP contribution in [0.3, 0.4) is 0 Å². The quantitative estimate of drug-likeness (QED) is 0.837. The van der Waals surface area contributed by atoms with Crippen molar-refractivity contribution in [2.24, 2.45) is 5.92 Å². The highest BCUT2D eigenvalue weighted by molar-refractivity contribution is 7.80. The first-order valence-electron chi connectivity index (χ1n) is 5.74. The molecular formula is C13H16ClNOS. The zero-order valence-electron chi connectivity index (χ0n) is 9.82. The van der Waals surface area contributed by atoms with Gasteiger partial charge in [0.1, 0.15) is 0 Å². The lowest BCUT2D eigenvalue weighted by molar-refractivity contribution is -0.128. The summed E-state index contributed by atoms with van der Waals surface area (Å²) in [4.78, 5) is 13.6. The lowest BCUT2D eigenvalue weighted by Crippen LogP contribution is -2.24. The lowest BCUT2D eigenvalue weighted by atomic mass is 10.1. The molecule has 4 heteroatoms. The average Bonchev–Trinajstić information content (AvgIpc) is 2.64. The Kier molecular flexibility index (Phi) is 4.00. The van der Waals surface area contributed by atoms with E-state index in [0.717, 1.165) is 28.4 Å². The number of aryl methyl sites for hydroxylation is 1. The Morgan fingerprint density at radius 2 is 2.29 bits per heavy atom. The number of likely N-dealkylation sites (tertiary alicyclic amines) is 1. The lowest BCUT2D eigenvalue weighted by Gasteiger charge is -2.17. The fourth-order valence-electron chi connectivity index (χ4n) is 2.12. The number of carbonyl (C=O) groups is 1. The summed E-state index contributed by atoms with van der Waals surface area (Å²) in [6.07, 6.45) is 0.618. The maximum Gasteiger partial charge on any atom is 0.223 e. The Bertz CT molecular complexity index is 435. The van der Waals surface area contributed by atoms with Crippen molar-refractivity contribution in [3.8, 4) is 0 Å². The molecule has 0 N–H and O–H groups in total. The summed E-state index contributed by atoms with van der Waals surface area (Å²) >= 11 is 10.4. The summed E-state index contributed by atoms with van der Waals surface area (Å²) < 4.78 is 0. The molecule has 1 aromatic rings. The van der Waals surface area contributed by atoms with Crippen molar-refractivity contribution in [1.82, 2.24) is 4.90 Å². The second-order valence-corrected chi connectivity index (χ2v) is 5.39. The highest BCUT2D eigenvalue weighted by atomic mass is 35.5. The van der Waals surface area contributed by atoms with Gasteiger partial charge in [0, 0.05) is 24.5 Å². The van der Waals surface area contributed by atoms with Crippen LogP contribution in [0.15, 0.2) is 18.2 Å². The van der Waals surface area contributed by atoms with Crippen molar-refractivity contribution >= 4 is 30.1 Å². The Morgan fingerprint density at radius 1 is 1.53 bits per heavy atom. The van der Waals surface area contributed by atoms with Gasteiger partial charge >= 0.3 is 0 Å². The maximum absolute atomic E-state index is 11.8. The molecule has 1 aliphatic rings. The minimum Gasteiger partial charge on any atom is -0.338 e. The van der Waals surface area contributed by atoms with E-state index in [9.17, 15) is 4.79 Å². The highest BCUT2D eigenvalue weighted by Crippen LogP contribution is 2.24. The topological polar surface area (TPSA) is 20.3 Å². The molecule has 0 spiro atoms. The molecule has 2 nitrogen and oxygen atoms in total. The third kappa shape index (κ3) is 2.96. The normalized spacial score (nSPS) is 20.1. The van der Waals surface area contributed by atoms with Crippen LogP contribution >= 0.6 is 24.2 Å². The van der Waals surface area contributed by atoms with E-state index in [2.05, 4.69) is 12.6 Å². The number of hydrogen-bond donors (Lipinski definition) is 1. The largest absolute Gasteiger partial charge is 0.338 e. The summed E-state index contributed by atoms with van der Waals surface area (Å²) in [5.74, 6) is 1.36. The van der Waals surface area contributed by atoms with Crippen molar-refractivity contribution < 1.29 is 4.79 Å². The number of thiol groups is 1. The fraction of sp³-hybridized carbons (Fsp3) is 0.462. The molecule has 1 saturated heterocycles. The van der Waals surface area contributed by atoms with Gasteiger partial charge in [0.2, 0.25) is 5.91 Å². The molecule has 17 heavy (non-hydrogen) atoms. The predicted molar refractivity (Wildman–Crippen MR) is 73.6 cm³/mol. The molecule has 1 aliphatic heterocycles. The molecule has 1 fully saturated rings. The first-order chi connectivity index (χ1) is 8.10. The molecule has 92 valence electrons. The van der Waals surface area contributed by atoms with Gasteiger partial charge in [-0.15, -0.1) is 0 Å². The predicted octanol–water partition coefficient (Wildman–Crippen LogP) is 2.93. The van der Waals surface area contributed by atoms with Crippen molar-refractivity contribution in [1.29, 1.82) is 0 Å². The third-order valence-electron chi connectivity index (χ3n) is 3.12. The minimum absolute atomic E-state index is 0.209. The summed E-state index contributed by atoms with van der Waals surface area (Å²) in [5, 5.41) is 0.743. The molecule has 1 aromatic carbocycles. The SMILES string of the molecule is Cc1ccc(CN2CC(CS)CC2=O)c(Cl)c1. The summed E-state index contributed by atoms with van der Waals surface area (Å²) in [6, 6.07) is 5.96. The fourth-order valence-corrected chi connectivity index (χ4v) is 2.65. The second-order valence-electron chi connectivity index (χ2n) is 4.62. The van der Waals surface area contributed by atoms with Crippen LogP contribution in [-0.4, -0.2) is 23.1 Å². The van der Waals surface area contributed by atoms with Gasteiger partial charge < -0.3 is 4.90 Å². The van der Waals surface area contributed by atoms with Crippen LogP contribution in [0.4, 0.5) is 0 Å². The van der Waals surface area contributed by atoms with Crippen LogP contribution in [0.25, 0.3) is 0 Å². The van der Waals surface area contributed by atoms with Crippen LogP contribution in [0, 0.1) is 12.8 Å². The van der Waals surface area contributed by atoms with Gasteiger partial charge in [0.15, 0.2) is 0 Å². The molecule has 1 heterocycles. The molecule has 1 unspecified atom stereocenters. The van der Waals surface area contributed by atoms with E-state index in [0.29, 0.717) is 18.9 Å². The van der Waals surface area contributed by atoms with E-state index in [4.69, 9.17) is 11.6 Å². The van der Waals surface area contributed by atoms with E-state index in [-0.39, 0.29) is 5.91 Å². The van der Waals surface area contributed by atoms with Crippen molar-refractivity contribution in [3.63, 3.8) is 0 Å². The smallest absolute Gasteiger partial charge is 0.223 e. The van der Waals surface area contributed by atoms with E-state index < -0.39 is 0 Å². The Hall–Kier alpha value is -0.670. The van der Waals surface area contributed by atoms with Crippen molar-refractivity contribution in [2.45, 2.75) is 19.9 Å². The number of carbonyl (C=O) groups excluding carboxylic acids is 1. The second kappa shape index (κ2) is 5.32. The van der Waals surface area contributed by atoms with Crippen molar-refractivity contribution in [3.05, 3.63) is 34.3 Å². The van der Waals surface area contributed by atoms with Gasteiger partial charge in [-0.1, -0.05) is 23.7 Å². The maximum atomic E-state index is 11.8. The van der Waals surface area contributed by atoms with E-state index in [1.807, 2.05) is 30.0 Å². The summed E-state index contributed by atoms with van der Waals surface area (Å²) in [7, 11) is 0. The third-order valence-corrected chi connectivity index (χ3v) is 3.99. The number of amides is 1. The number of benzene rings is 1. The zero-order chi connectivity index (χ0) is 12.4. The van der Waals surface area contributed by atoms with Crippen LogP contribution in [0.1, 0.15) is 17.5 Å². The van der Waals surface area contributed by atoms with Crippen molar-refractivity contribution in [2.75, 3.05) is 12.3 Å². The standard InChI is InChI=1S/C13H16ClNOS/c1-9-2-3-11(12(14)4-9)7-15-6-10(8-17)5-13(15)16/h2-4,10,17H,5-8H2,1H3. The molecule has 2 rings (SSSR count). The van der Waals surface area contributed by atoms with Gasteiger partial charge in [-0.3, -0.25) is 4.79 Å². The van der Waals surface area contributed by atoms with Crippen LogP contribution < -0.4 is 0 Å². The Morgan fingerprint density at radius 3 is 2.88 bits per heavy atom.